The number of ether oxygens (including phenoxy) is 1. The van der Waals surface area contributed by atoms with Gasteiger partial charge in [-0.05, 0) is 62.1 Å². The fourth-order valence-electron chi connectivity index (χ4n) is 3.40. The molecule has 0 saturated carbocycles. The average molecular weight is 447 g/mol. The largest absolute Gasteiger partial charge is 0.376 e. The third-order valence-corrected chi connectivity index (χ3v) is 7.51. The molecule has 0 aliphatic carbocycles. The molecule has 4 rings (SSSR count). The second-order valence-electron chi connectivity index (χ2n) is 7.26. The molecule has 1 aromatic heterocycles. The maximum atomic E-state index is 13.2. The van der Waals surface area contributed by atoms with Gasteiger partial charge >= 0.3 is 0 Å². The monoisotopic (exact) mass is 446 g/mol. The minimum atomic E-state index is 0.0508. The van der Waals surface area contributed by atoms with E-state index in [1.807, 2.05) is 29.2 Å². The first-order chi connectivity index (χ1) is 14.0. The second-order valence-corrected chi connectivity index (χ2v) is 9.72. The Morgan fingerprint density at radius 1 is 1.24 bits per heavy atom. The third-order valence-electron chi connectivity index (χ3n) is 5.05. The number of amides is 1. The third kappa shape index (κ3) is 4.77. The van der Waals surface area contributed by atoms with Gasteiger partial charge in [0.15, 0.2) is 5.13 Å². The van der Waals surface area contributed by atoms with Crippen LogP contribution in [0.3, 0.4) is 0 Å². The number of halogens is 1. The Bertz CT molecular complexity index is 975. The van der Waals surface area contributed by atoms with Gasteiger partial charge in [0.1, 0.15) is 0 Å². The Morgan fingerprint density at radius 3 is 2.69 bits per heavy atom. The van der Waals surface area contributed by atoms with E-state index in [2.05, 4.69) is 26.0 Å². The first-order valence-corrected chi connectivity index (χ1v) is 11.9. The van der Waals surface area contributed by atoms with Gasteiger partial charge in [0.2, 0.25) is 5.91 Å². The van der Waals surface area contributed by atoms with Crippen LogP contribution in [0.4, 0.5) is 5.13 Å². The van der Waals surface area contributed by atoms with Gasteiger partial charge in [0, 0.05) is 16.5 Å². The van der Waals surface area contributed by atoms with Gasteiger partial charge in [-0.15, -0.1) is 11.8 Å². The molecule has 2 aromatic carbocycles. The van der Waals surface area contributed by atoms with Crippen LogP contribution in [0.2, 0.25) is 5.02 Å². The molecule has 0 spiro atoms. The van der Waals surface area contributed by atoms with E-state index in [4.69, 9.17) is 21.3 Å². The Hall–Kier alpha value is -1.60. The van der Waals surface area contributed by atoms with Crippen molar-refractivity contribution >= 4 is 56.0 Å². The summed E-state index contributed by atoms with van der Waals surface area (Å²) >= 11 is 9.07. The number of fused-ring (bicyclic) bond motifs is 1. The van der Waals surface area contributed by atoms with E-state index in [1.165, 1.54) is 17.3 Å². The van der Waals surface area contributed by atoms with Crippen LogP contribution in [-0.4, -0.2) is 35.9 Å². The number of aromatic nitrogens is 1. The molecule has 1 saturated heterocycles. The predicted octanol–water partition coefficient (Wildman–Crippen LogP) is 5.87. The molecule has 3 aromatic rings. The number of carbonyl (C=O) groups excluding carboxylic acids is 1. The van der Waals surface area contributed by atoms with Crippen LogP contribution in [0, 0.1) is 13.8 Å². The molecule has 2 heterocycles. The lowest BCUT2D eigenvalue weighted by molar-refractivity contribution is -0.116. The lowest BCUT2D eigenvalue weighted by Crippen LogP contribution is -2.38. The van der Waals surface area contributed by atoms with E-state index in [0.29, 0.717) is 17.3 Å². The summed E-state index contributed by atoms with van der Waals surface area (Å²) in [6.07, 6.45) is 2.11. The van der Waals surface area contributed by atoms with E-state index in [9.17, 15) is 4.79 Å². The molecule has 1 aliphatic heterocycles. The van der Waals surface area contributed by atoms with Crippen LogP contribution in [0.25, 0.3) is 10.2 Å². The first-order valence-electron chi connectivity index (χ1n) is 9.68. The quantitative estimate of drug-likeness (QED) is 0.444. The zero-order valence-corrected chi connectivity index (χ0v) is 18.9. The van der Waals surface area contributed by atoms with Gasteiger partial charge in [0.05, 0.1) is 28.6 Å². The van der Waals surface area contributed by atoms with Gasteiger partial charge < -0.3 is 4.74 Å². The number of thiazole rings is 1. The van der Waals surface area contributed by atoms with Crippen LogP contribution >= 0.6 is 34.7 Å². The Labute approximate surface area is 184 Å². The summed E-state index contributed by atoms with van der Waals surface area (Å²) in [5.41, 5.74) is 3.31. The maximum absolute atomic E-state index is 13.2. The SMILES string of the molecule is Cc1ccc(C)c2sc(N(CC3CCCO3)C(=O)CSc3ccc(Cl)cc3)nc12. The second kappa shape index (κ2) is 9.04. The number of rotatable bonds is 6. The Balaban J connectivity index is 1.58. The number of hydrogen-bond acceptors (Lipinski definition) is 5. The van der Waals surface area contributed by atoms with Crippen LogP contribution in [-0.2, 0) is 9.53 Å². The number of anilines is 1. The highest BCUT2D eigenvalue weighted by atomic mass is 35.5. The number of nitrogens with zero attached hydrogens (tertiary/aromatic N) is 2. The van der Waals surface area contributed by atoms with Crippen molar-refractivity contribution in [3.05, 3.63) is 52.5 Å². The van der Waals surface area contributed by atoms with Crippen molar-refractivity contribution in [1.29, 1.82) is 0 Å². The summed E-state index contributed by atoms with van der Waals surface area (Å²) in [6, 6.07) is 11.8. The van der Waals surface area contributed by atoms with Crippen molar-refractivity contribution in [1.82, 2.24) is 4.98 Å². The molecule has 7 heteroatoms. The zero-order chi connectivity index (χ0) is 20.4. The molecule has 1 atom stereocenters. The van der Waals surface area contributed by atoms with Crippen LogP contribution in [0.1, 0.15) is 24.0 Å². The number of carbonyl (C=O) groups is 1. The number of hydrogen-bond donors (Lipinski definition) is 0. The number of aryl methyl sites for hydroxylation is 2. The molecule has 0 N–H and O–H groups in total. The molecule has 1 aliphatic rings. The molecule has 29 heavy (non-hydrogen) atoms. The Kier molecular flexibility index (Phi) is 6.44. The fourth-order valence-corrected chi connectivity index (χ4v) is 5.43. The molecule has 1 unspecified atom stereocenters. The molecular formula is C22H23ClN2O2S2. The minimum Gasteiger partial charge on any atom is -0.376 e. The molecule has 0 bridgehead atoms. The van der Waals surface area contributed by atoms with Crippen molar-refractivity contribution in [2.45, 2.75) is 37.7 Å². The molecule has 4 nitrogen and oxygen atoms in total. The van der Waals surface area contributed by atoms with Crippen LogP contribution < -0.4 is 4.90 Å². The molecule has 1 fully saturated rings. The molecule has 1 amide bonds. The van der Waals surface area contributed by atoms with Gasteiger partial charge in [-0.3, -0.25) is 9.69 Å². The van der Waals surface area contributed by atoms with Crippen molar-refractivity contribution in [2.24, 2.45) is 0 Å². The number of thioether (sulfide) groups is 1. The van der Waals surface area contributed by atoms with Gasteiger partial charge in [-0.1, -0.05) is 35.1 Å². The van der Waals surface area contributed by atoms with Crippen molar-refractivity contribution in [2.75, 3.05) is 23.8 Å². The summed E-state index contributed by atoms with van der Waals surface area (Å²) in [5, 5.41) is 1.45. The van der Waals surface area contributed by atoms with Crippen LogP contribution in [0.5, 0.6) is 0 Å². The normalized spacial score (nSPS) is 16.4. The fraction of sp³-hybridized carbons (Fsp3) is 0.364. The highest BCUT2D eigenvalue weighted by Gasteiger charge is 2.26. The zero-order valence-electron chi connectivity index (χ0n) is 16.5. The highest BCUT2D eigenvalue weighted by Crippen LogP contribution is 2.34. The van der Waals surface area contributed by atoms with E-state index in [-0.39, 0.29) is 12.0 Å². The minimum absolute atomic E-state index is 0.0508. The summed E-state index contributed by atoms with van der Waals surface area (Å²) in [4.78, 5) is 20.9. The van der Waals surface area contributed by atoms with Crippen molar-refractivity contribution in [3.63, 3.8) is 0 Å². The first kappa shape index (κ1) is 20.7. The van der Waals surface area contributed by atoms with Gasteiger partial charge in [-0.2, -0.15) is 0 Å². The average Bonchev–Trinajstić information content (AvgIpc) is 3.39. The number of benzene rings is 2. The summed E-state index contributed by atoms with van der Waals surface area (Å²) in [5.74, 6) is 0.400. The topological polar surface area (TPSA) is 42.4 Å². The molecular weight excluding hydrogens is 424 g/mol. The highest BCUT2D eigenvalue weighted by molar-refractivity contribution is 8.00. The maximum Gasteiger partial charge on any atom is 0.239 e. The van der Waals surface area contributed by atoms with E-state index < -0.39 is 0 Å². The van der Waals surface area contributed by atoms with E-state index in [0.717, 1.165) is 45.3 Å². The standard InChI is InChI=1S/C22H23ClN2O2S2/c1-14-5-6-15(2)21-20(14)24-22(29-21)25(12-17-4-3-11-27-17)19(26)13-28-18-9-7-16(23)8-10-18/h5-10,17H,3-4,11-13H2,1-2H3. The van der Waals surface area contributed by atoms with E-state index >= 15 is 0 Å². The van der Waals surface area contributed by atoms with Crippen LogP contribution in [0.15, 0.2) is 41.3 Å². The predicted molar refractivity (Wildman–Crippen MR) is 123 cm³/mol. The summed E-state index contributed by atoms with van der Waals surface area (Å²) in [7, 11) is 0. The van der Waals surface area contributed by atoms with Crippen molar-refractivity contribution in [3.8, 4) is 0 Å². The summed E-state index contributed by atoms with van der Waals surface area (Å²) < 4.78 is 6.96. The molecule has 0 radical (unpaired) electrons. The smallest absolute Gasteiger partial charge is 0.239 e. The lowest BCUT2D eigenvalue weighted by Gasteiger charge is -2.23. The Morgan fingerprint density at radius 2 is 2.00 bits per heavy atom. The van der Waals surface area contributed by atoms with Gasteiger partial charge in [0.25, 0.3) is 0 Å². The van der Waals surface area contributed by atoms with E-state index in [1.54, 1.807) is 11.3 Å². The molecule has 152 valence electrons. The lowest BCUT2D eigenvalue weighted by atomic mass is 10.1. The van der Waals surface area contributed by atoms with Gasteiger partial charge in [-0.25, -0.2) is 4.98 Å². The van der Waals surface area contributed by atoms with Crippen molar-refractivity contribution < 1.29 is 9.53 Å². The summed E-state index contributed by atoms with van der Waals surface area (Å²) in [6.45, 7) is 5.47.